The Morgan fingerprint density at radius 2 is 1.62 bits per heavy atom. The first-order chi connectivity index (χ1) is 18.1. The summed E-state index contributed by atoms with van der Waals surface area (Å²) < 4.78 is 17.1. The second-order valence-corrected chi connectivity index (χ2v) is 8.47. The van der Waals surface area contributed by atoms with Crippen LogP contribution in [0.1, 0.15) is 30.7 Å². The van der Waals surface area contributed by atoms with Gasteiger partial charge in [-0.2, -0.15) is 0 Å². The fourth-order valence-electron chi connectivity index (χ4n) is 4.22. The predicted octanol–water partition coefficient (Wildman–Crippen LogP) is 6.49. The first-order valence-corrected chi connectivity index (χ1v) is 12.0. The molecule has 0 aliphatic carbocycles. The van der Waals surface area contributed by atoms with Crippen LogP contribution in [0.3, 0.4) is 0 Å². The van der Waals surface area contributed by atoms with Crippen molar-refractivity contribution in [1.82, 2.24) is 0 Å². The van der Waals surface area contributed by atoms with Crippen LogP contribution in [-0.4, -0.2) is 23.4 Å². The van der Waals surface area contributed by atoms with Gasteiger partial charge < -0.3 is 19.0 Å². The number of carbonyl (C=O) groups is 2. The predicted molar refractivity (Wildman–Crippen MR) is 139 cm³/mol. The first-order valence-electron chi connectivity index (χ1n) is 12.0. The number of ketones is 1. The van der Waals surface area contributed by atoms with E-state index in [-0.39, 0.29) is 11.3 Å². The minimum atomic E-state index is -0.948. The minimum absolute atomic E-state index is 0.0581. The molecule has 37 heavy (non-hydrogen) atoms. The first kappa shape index (κ1) is 23.9. The Morgan fingerprint density at radius 1 is 0.892 bits per heavy atom. The van der Waals surface area contributed by atoms with Crippen LogP contribution in [-0.2, 0) is 9.59 Å². The van der Waals surface area contributed by atoms with Gasteiger partial charge in [0.05, 0.1) is 18.4 Å². The number of nitrogens with zero attached hydrogens (tertiary/aromatic N) is 1. The number of hydrogen-bond donors (Lipinski definition) is 1. The zero-order valence-corrected chi connectivity index (χ0v) is 20.2. The van der Waals surface area contributed by atoms with Crippen LogP contribution in [0.2, 0.25) is 0 Å². The van der Waals surface area contributed by atoms with Crippen LogP contribution in [0.4, 0.5) is 5.69 Å². The van der Waals surface area contributed by atoms with Crippen molar-refractivity contribution < 1.29 is 28.6 Å². The summed E-state index contributed by atoms with van der Waals surface area (Å²) in [5.41, 5.74) is 0.773. The van der Waals surface area contributed by atoms with Crippen LogP contribution in [0.25, 0.3) is 5.76 Å². The molecule has 1 aliphatic heterocycles. The molecule has 1 saturated heterocycles. The number of amides is 1. The molecule has 3 aromatic carbocycles. The minimum Gasteiger partial charge on any atom is -0.507 e. The summed E-state index contributed by atoms with van der Waals surface area (Å²) in [6.45, 7) is 2.51. The molecule has 1 N–H and O–H groups in total. The second kappa shape index (κ2) is 10.5. The van der Waals surface area contributed by atoms with Gasteiger partial charge in [-0.25, -0.2) is 0 Å². The number of ether oxygens (including phenoxy) is 2. The van der Waals surface area contributed by atoms with Gasteiger partial charge >= 0.3 is 0 Å². The highest BCUT2D eigenvalue weighted by Gasteiger charge is 2.48. The lowest BCUT2D eigenvalue weighted by atomic mass is 9.99. The maximum atomic E-state index is 13.3. The smallest absolute Gasteiger partial charge is 0.300 e. The van der Waals surface area contributed by atoms with E-state index in [4.69, 9.17) is 13.9 Å². The highest BCUT2D eigenvalue weighted by Crippen LogP contribution is 2.43. The van der Waals surface area contributed by atoms with Crippen molar-refractivity contribution in [3.63, 3.8) is 0 Å². The Bertz CT molecular complexity index is 1420. The zero-order valence-electron chi connectivity index (χ0n) is 20.2. The third-order valence-electron chi connectivity index (χ3n) is 5.93. The second-order valence-electron chi connectivity index (χ2n) is 8.47. The Balaban J connectivity index is 1.53. The van der Waals surface area contributed by atoms with Crippen LogP contribution in [0.5, 0.6) is 17.2 Å². The molecular weight excluding hydrogens is 470 g/mol. The number of carbonyl (C=O) groups excluding carboxylic acids is 2. The van der Waals surface area contributed by atoms with E-state index in [0.717, 1.165) is 6.42 Å². The van der Waals surface area contributed by atoms with E-state index in [1.165, 1.54) is 11.2 Å². The van der Waals surface area contributed by atoms with Gasteiger partial charge in [-0.3, -0.25) is 14.5 Å². The molecule has 2 heterocycles. The Kier molecular flexibility index (Phi) is 6.76. The average molecular weight is 496 g/mol. The number of benzene rings is 3. The van der Waals surface area contributed by atoms with Crippen LogP contribution >= 0.6 is 0 Å². The summed E-state index contributed by atoms with van der Waals surface area (Å²) in [6.07, 6.45) is 2.29. The highest BCUT2D eigenvalue weighted by molar-refractivity contribution is 6.51. The van der Waals surface area contributed by atoms with Crippen molar-refractivity contribution in [2.45, 2.75) is 19.4 Å². The van der Waals surface area contributed by atoms with E-state index in [9.17, 15) is 14.7 Å². The molecule has 1 aliphatic rings. The van der Waals surface area contributed by atoms with Crippen molar-refractivity contribution >= 4 is 23.1 Å². The SMILES string of the molecule is CCCOc1cccc(/C(O)=C2/C(=O)C(=O)N(c3ccc(Oc4ccccc4)cc3)C2c2ccco2)c1. The number of aliphatic hydroxyl groups is 1. The standard InChI is InChI=1S/C30H25NO6/c1-2-17-35-24-11-6-8-20(19-24)28(32)26-27(25-12-7-18-36-25)31(30(34)29(26)33)21-13-15-23(16-14-21)37-22-9-4-3-5-10-22/h3-16,18-19,27,32H,2,17H2,1H3/b28-26-. The molecule has 1 unspecified atom stereocenters. The molecule has 0 spiro atoms. The Hall–Kier alpha value is -4.78. The van der Waals surface area contributed by atoms with Gasteiger partial charge in [0.2, 0.25) is 0 Å². The lowest BCUT2D eigenvalue weighted by Gasteiger charge is -2.23. The van der Waals surface area contributed by atoms with E-state index in [1.807, 2.05) is 37.3 Å². The molecule has 0 saturated carbocycles. The number of furan rings is 1. The monoisotopic (exact) mass is 495 g/mol. The zero-order chi connectivity index (χ0) is 25.8. The van der Waals surface area contributed by atoms with Gasteiger partial charge in [-0.15, -0.1) is 0 Å². The van der Waals surface area contributed by atoms with E-state index in [0.29, 0.717) is 40.9 Å². The van der Waals surface area contributed by atoms with Gasteiger partial charge in [-0.1, -0.05) is 37.3 Å². The lowest BCUT2D eigenvalue weighted by molar-refractivity contribution is -0.132. The van der Waals surface area contributed by atoms with Crippen molar-refractivity contribution in [1.29, 1.82) is 0 Å². The molecular formula is C30H25NO6. The van der Waals surface area contributed by atoms with Crippen LogP contribution in [0, 0.1) is 0 Å². The average Bonchev–Trinajstić information content (AvgIpc) is 3.55. The molecule has 5 rings (SSSR count). The van der Waals surface area contributed by atoms with Crippen LogP contribution < -0.4 is 14.4 Å². The summed E-state index contributed by atoms with van der Waals surface area (Å²) in [4.78, 5) is 27.9. The maximum absolute atomic E-state index is 13.3. The van der Waals surface area contributed by atoms with Gasteiger partial charge in [0.1, 0.15) is 34.8 Å². The number of aliphatic hydroxyl groups excluding tert-OH is 1. The summed E-state index contributed by atoms with van der Waals surface area (Å²) in [5.74, 6) is 0.295. The fraction of sp³-hybridized carbons (Fsp3) is 0.133. The third-order valence-corrected chi connectivity index (χ3v) is 5.93. The number of para-hydroxylation sites is 1. The van der Waals surface area contributed by atoms with E-state index >= 15 is 0 Å². The quantitative estimate of drug-likeness (QED) is 0.171. The largest absolute Gasteiger partial charge is 0.507 e. The van der Waals surface area contributed by atoms with Gasteiger partial charge in [0.15, 0.2) is 0 Å². The summed E-state index contributed by atoms with van der Waals surface area (Å²) in [7, 11) is 0. The van der Waals surface area contributed by atoms with Gasteiger partial charge in [0.25, 0.3) is 11.7 Å². The lowest BCUT2D eigenvalue weighted by Crippen LogP contribution is -2.29. The molecule has 1 aromatic heterocycles. The fourth-order valence-corrected chi connectivity index (χ4v) is 4.22. The molecule has 7 nitrogen and oxygen atoms in total. The molecule has 0 bridgehead atoms. The number of anilines is 1. The molecule has 1 atom stereocenters. The topological polar surface area (TPSA) is 89.2 Å². The van der Waals surface area contributed by atoms with E-state index in [2.05, 4.69) is 0 Å². The number of rotatable bonds is 8. The van der Waals surface area contributed by atoms with E-state index < -0.39 is 17.7 Å². The Morgan fingerprint density at radius 3 is 2.32 bits per heavy atom. The van der Waals surface area contributed by atoms with Gasteiger partial charge in [0, 0.05) is 11.3 Å². The molecule has 0 radical (unpaired) electrons. The molecule has 1 amide bonds. The summed E-state index contributed by atoms with van der Waals surface area (Å²) >= 11 is 0. The van der Waals surface area contributed by atoms with Crippen LogP contribution in [0.15, 0.2) is 107 Å². The maximum Gasteiger partial charge on any atom is 0.300 e. The van der Waals surface area contributed by atoms with Crippen molar-refractivity contribution in [2.24, 2.45) is 0 Å². The number of Topliss-reactive ketones (excluding diaryl/α,β-unsaturated/α-hetero) is 1. The Labute approximate surface area is 214 Å². The molecule has 7 heteroatoms. The normalized spacial score (nSPS) is 16.7. The third kappa shape index (κ3) is 4.84. The van der Waals surface area contributed by atoms with Crippen molar-refractivity contribution in [2.75, 3.05) is 11.5 Å². The van der Waals surface area contributed by atoms with E-state index in [1.54, 1.807) is 60.7 Å². The molecule has 186 valence electrons. The van der Waals surface area contributed by atoms with Crippen molar-refractivity contribution in [3.05, 3.63) is 114 Å². The number of hydrogen-bond acceptors (Lipinski definition) is 6. The highest BCUT2D eigenvalue weighted by atomic mass is 16.5. The molecule has 1 fully saturated rings. The summed E-state index contributed by atoms with van der Waals surface area (Å²) in [5, 5.41) is 11.3. The summed E-state index contributed by atoms with van der Waals surface area (Å²) in [6, 6.07) is 25.3. The molecule has 4 aromatic rings. The van der Waals surface area contributed by atoms with Gasteiger partial charge in [-0.05, 0) is 67.1 Å². The van der Waals surface area contributed by atoms with Crippen molar-refractivity contribution in [3.8, 4) is 17.2 Å².